The van der Waals surface area contributed by atoms with E-state index in [2.05, 4.69) is 11.0 Å². The van der Waals surface area contributed by atoms with Crippen molar-refractivity contribution in [1.29, 1.82) is 5.26 Å². The monoisotopic (exact) mass is 268 g/mol. The molecule has 0 aliphatic carbocycles. The van der Waals surface area contributed by atoms with Crippen LogP contribution in [-0.4, -0.2) is 68.2 Å². The predicted octanol–water partition coefficient (Wildman–Crippen LogP) is -0.202. The SMILES string of the molecule is COCCCC(N)C(=O)N1CCN(CCC#N)CC1. The maximum atomic E-state index is 12.1. The van der Waals surface area contributed by atoms with Gasteiger partial charge in [0.25, 0.3) is 0 Å². The predicted molar refractivity (Wildman–Crippen MR) is 72.3 cm³/mol. The van der Waals surface area contributed by atoms with Crippen LogP contribution < -0.4 is 5.73 Å². The summed E-state index contributed by atoms with van der Waals surface area (Å²) in [5.74, 6) is 0.0380. The Morgan fingerprint density at radius 3 is 2.68 bits per heavy atom. The van der Waals surface area contributed by atoms with Crippen molar-refractivity contribution < 1.29 is 9.53 Å². The maximum absolute atomic E-state index is 12.1. The number of hydrogen-bond donors (Lipinski definition) is 1. The Kier molecular flexibility index (Phi) is 7.41. The van der Waals surface area contributed by atoms with Crippen LogP contribution in [0.2, 0.25) is 0 Å². The molecule has 1 aliphatic rings. The van der Waals surface area contributed by atoms with Crippen LogP contribution in [0.1, 0.15) is 19.3 Å². The Hall–Kier alpha value is -1.16. The lowest BCUT2D eigenvalue weighted by Gasteiger charge is -2.35. The molecule has 0 aromatic heterocycles. The van der Waals surface area contributed by atoms with Crippen molar-refractivity contribution in [2.24, 2.45) is 5.73 Å². The summed E-state index contributed by atoms with van der Waals surface area (Å²) in [6, 6.07) is 1.73. The summed E-state index contributed by atoms with van der Waals surface area (Å²) in [6.45, 7) is 4.52. The van der Waals surface area contributed by atoms with Crippen molar-refractivity contribution in [1.82, 2.24) is 9.80 Å². The van der Waals surface area contributed by atoms with E-state index in [9.17, 15) is 4.79 Å². The lowest BCUT2D eigenvalue weighted by molar-refractivity contribution is -0.134. The van der Waals surface area contributed by atoms with E-state index in [1.807, 2.05) is 4.90 Å². The van der Waals surface area contributed by atoms with Gasteiger partial charge in [0, 0.05) is 52.9 Å². The number of nitrogens with zero attached hydrogens (tertiary/aromatic N) is 3. The fourth-order valence-corrected chi connectivity index (χ4v) is 2.21. The molecule has 0 aromatic carbocycles. The number of rotatable bonds is 7. The Morgan fingerprint density at radius 2 is 2.11 bits per heavy atom. The highest BCUT2D eigenvalue weighted by molar-refractivity contribution is 5.81. The highest BCUT2D eigenvalue weighted by Crippen LogP contribution is 2.06. The molecule has 0 saturated carbocycles. The summed E-state index contributed by atoms with van der Waals surface area (Å²) in [5, 5.41) is 8.54. The molecule has 6 nitrogen and oxygen atoms in total. The first kappa shape index (κ1) is 15.9. The summed E-state index contributed by atoms with van der Waals surface area (Å²) < 4.78 is 4.96. The minimum absolute atomic E-state index is 0.0380. The summed E-state index contributed by atoms with van der Waals surface area (Å²) in [5.41, 5.74) is 5.90. The maximum Gasteiger partial charge on any atom is 0.239 e. The average Bonchev–Trinajstić information content (AvgIpc) is 2.45. The minimum atomic E-state index is -0.416. The lowest BCUT2D eigenvalue weighted by Crippen LogP contribution is -2.53. The molecule has 2 N–H and O–H groups in total. The number of piperazine rings is 1. The molecule has 1 rings (SSSR count). The summed E-state index contributed by atoms with van der Waals surface area (Å²) in [6.07, 6.45) is 2.03. The van der Waals surface area contributed by atoms with Crippen molar-refractivity contribution in [2.45, 2.75) is 25.3 Å². The highest BCUT2D eigenvalue weighted by atomic mass is 16.5. The lowest BCUT2D eigenvalue weighted by atomic mass is 10.1. The van der Waals surface area contributed by atoms with Crippen LogP contribution in [-0.2, 0) is 9.53 Å². The van der Waals surface area contributed by atoms with Crippen LogP contribution in [0.3, 0.4) is 0 Å². The van der Waals surface area contributed by atoms with Gasteiger partial charge in [0.15, 0.2) is 0 Å². The Labute approximate surface area is 115 Å². The van der Waals surface area contributed by atoms with Gasteiger partial charge in [-0.1, -0.05) is 0 Å². The molecule has 0 radical (unpaired) electrons. The molecule has 0 bridgehead atoms. The van der Waals surface area contributed by atoms with E-state index >= 15 is 0 Å². The molecule has 1 amide bonds. The molecule has 1 saturated heterocycles. The second kappa shape index (κ2) is 8.86. The molecule has 6 heteroatoms. The Bertz CT molecular complexity index is 308. The average molecular weight is 268 g/mol. The van der Waals surface area contributed by atoms with E-state index in [1.165, 1.54) is 0 Å². The normalized spacial score (nSPS) is 18.1. The quantitative estimate of drug-likeness (QED) is 0.646. The summed E-state index contributed by atoms with van der Waals surface area (Å²) >= 11 is 0. The van der Waals surface area contributed by atoms with Crippen molar-refractivity contribution >= 4 is 5.91 Å². The van der Waals surface area contributed by atoms with Crippen LogP contribution >= 0.6 is 0 Å². The van der Waals surface area contributed by atoms with Gasteiger partial charge in [-0.15, -0.1) is 0 Å². The molecule has 19 heavy (non-hydrogen) atoms. The minimum Gasteiger partial charge on any atom is -0.385 e. The zero-order valence-electron chi connectivity index (χ0n) is 11.7. The molecule has 108 valence electrons. The van der Waals surface area contributed by atoms with E-state index in [-0.39, 0.29) is 5.91 Å². The number of carbonyl (C=O) groups is 1. The number of ether oxygens (including phenoxy) is 1. The third-order valence-corrected chi connectivity index (χ3v) is 3.40. The third-order valence-electron chi connectivity index (χ3n) is 3.40. The molecule has 1 aliphatic heterocycles. The largest absolute Gasteiger partial charge is 0.385 e. The first-order valence-corrected chi connectivity index (χ1v) is 6.81. The topological polar surface area (TPSA) is 82.6 Å². The number of amides is 1. The molecule has 0 spiro atoms. The number of nitrogens with two attached hydrogens (primary N) is 1. The van der Waals surface area contributed by atoms with Gasteiger partial charge in [-0.3, -0.25) is 9.69 Å². The van der Waals surface area contributed by atoms with Gasteiger partial charge >= 0.3 is 0 Å². The first-order valence-electron chi connectivity index (χ1n) is 6.81. The highest BCUT2D eigenvalue weighted by Gasteiger charge is 2.24. The van der Waals surface area contributed by atoms with E-state index in [4.69, 9.17) is 15.7 Å². The Balaban J connectivity index is 2.26. The fourth-order valence-electron chi connectivity index (χ4n) is 2.21. The van der Waals surface area contributed by atoms with Crippen LogP contribution in [0.5, 0.6) is 0 Å². The van der Waals surface area contributed by atoms with Gasteiger partial charge in [0.05, 0.1) is 12.1 Å². The Morgan fingerprint density at radius 1 is 1.42 bits per heavy atom. The van der Waals surface area contributed by atoms with Crippen LogP contribution in [0.4, 0.5) is 0 Å². The smallest absolute Gasteiger partial charge is 0.239 e. The molecular formula is C13H24N4O2. The third kappa shape index (κ3) is 5.55. The zero-order valence-corrected chi connectivity index (χ0v) is 11.7. The summed E-state index contributed by atoms with van der Waals surface area (Å²) in [7, 11) is 1.65. The molecule has 1 heterocycles. The fraction of sp³-hybridized carbons (Fsp3) is 0.846. The van der Waals surface area contributed by atoms with Crippen LogP contribution in [0, 0.1) is 11.3 Å². The number of methoxy groups -OCH3 is 1. The van der Waals surface area contributed by atoms with Gasteiger partial charge in [-0.05, 0) is 12.8 Å². The van der Waals surface area contributed by atoms with Crippen LogP contribution in [0.25, 0.3) is 0 Å². The molecule has 0 aromatic rings. The molecule has 1 fully saturated rings. The van der Waals surface area contributed by atoms with Crippen molar-refractivity contribution in [3.63, 3.8) is 0 Å². The van der Waals surface area contributed by atoms with Gasteiger partial charge < -0.3 is 15.4 Å². The van der Waals surface area contributed by atoms with Crippen LogP contribution in [0.15, 0.2) is 0 Å². The number of nitriles is 1. The number of carbonyl (C=O) groups excluding carboxylic acids is 1. The summed E-state index contributed by atoms with van der Waals surface area (Å²) in [4.78, 5) is 16.1. The van der Waals surface area contributed by atoms with Crippen molar-refractivity contribution in [2.75, 3.05) is 46.4 Å². The van der Waals surface area contributed by atoms with E-state index in [1.54, 1.807) is 7.11 Å². The van der Waals surface area contributed by atoms with E-state index < -0.39 is 6.04 Å². The second-order valence-electron chi connectivity index (χ2n) is 4.82. The standard InChI is InChI=1S/C13H24N4O2/c1-19-11-2-4-12(15)13(18)17-9-7-16(8-10-17)6-3-5-14/h12H,2-4,6-11,15H2,1H3. The van der Waals surface area contributed by atoms with E-state index in [0.717, 1.165) is 26.1 Å². The molecule has 1 atom stereocenters. The van der Waals surface area contributed by atoms with Crippen molar-refractivity contribution in [3.05, 3.63) is 0 Å². The zero-order chi connectivity index (χ0) is 14.1. The molecular weight excluding hydrogens is 244 g/mol. The van der Waals surface area contributed by atoms with Gasteiger partial charge in [0.2, 0.25) is 5.91 Å². The van der Waals surface area contributed by atoms with Gasteiger partial charge in [-0.2, -0.15) is 5.26 Å². The van der Waals surface area contributed by atoms with Gasteiger partial charge in [-0.25, -0.2) is 0 Å². The van der Waals surface area contributed by atoms with E-state index in [0.29, 0.717) is 32.5 Å². The number of hydrogen-bond acceptors (Lipinski definition) is 5. The molecule has 1 unspecified atom stereocenters. The second-order valence-corrected chi connectivity index (χ2v) is 4.82. The van der Waals surface area contributed by atoms with Crippen molar-refractivity contribution in [3.8, 4) is 6.07 Å². The first-order chi connectivity index (χ1) is 9.19. The van der Waals surface area contributed by atoms with Gasteiger partial charge in [0.1, 0.15) is 0 Å².